The number of nitrogens with zero attached hydrogens (tertiary/aromatic N) is 2. The van der Waals surface area contributed by atoms with Gasteiger partial charge in [-0.25, -0.2) is 18.4 Å². The Labute approximate surface area is 227 Å². The first kappa shape index (κ1) is 27.4. The molecule has 1 aromatic heterocycles. The lowest BCUT2D eigenvalue weighted by atomic mass is 9.93. The van der Waals surface area contributed by atoms with Crippen molar-refractivity contribution in [2.75, 3.05) is 6.26 Å². The molecule has 40 heavy (non-hydrogen) atoms. The molecular formula is C28H19F3N2O5S2. The second-order valence-electron chi connectivity index (χ2n) is 8.92. The van der Waals surface area contributed by atoms with Gasteiger partial charge in [-0.2, -0.15) is 21.6 Å². The van der Waals surface area contributed by atoms with Gasteiger partial charge in [0.15, 0.2) is 9.84 Å². The zero-order chi connectivity index (χ0) is 28.9. The summed E-state index contributed by atoms with van der Waals surface area (Å²) in [5, 5.41) is 0.523. The molecule has 5 aromatic rings. The van der Waals surface area contributed by atoms with E-state index in [1.165, 1.54) is 48.5 Å². The van der Waals surface area contributed by atoms with E-state index in [1.54, 1.807) is 42.5 Å². The lowest BCUT2D eigenvalue weighted by Gasteiger charge is -2.19. The molecule has 0 spiro atoms. The molecular weight excluding hydrogens is 565 g/mol. The van der Waals surface area contributed by atoms with Crippen molar-refractivity contribution in [2.24, 2.45) is 0 Å². The first-order valence-electron chi connectivity index (χ1n) is 11.6. The Kier molecular flexibility index (Phi) is 6.73. The van der Waals surface area contributed by atoms with Crippen LogP contribution in [0.5, 0.6) is 0 Å². The normalized spacial score (nSPS) is 12.5. The van der Waals surface area contributed by atoms with Crippen LogP contribution >= 0.6 is 0 Å². The first-order chi connectivity index (χ1) is 18.7. The van der Waals surface area contributed by atoms with Gasteiger partial charge in [0.25, 0.3) is 10.1 Å². The maximum Gasteiger partial charge on any atom is 0.451 e. The van der Waals surface area contributed by atoms with E-state index in [4.69, 9.17) is 0 Å². The highest BCUT2D eigenvalue weighted by atomic mass is 32.2. The summed E-state index contributed by atoms with van der Waals surface area (Å²) in [6.07, 6.45) is -4.03. The van der Waals surface area contributed by atoms with Crippen molar-refractivity contribution < 1.29 is 34.6 Å². The molecule has 0 atom stereocenters. The Morgan fingerprint density at radius 3 is 1.90 bits per heavy atom. The molecule has 1 N–H and O–H groups in total. The number of alkyl halides is 3. The molecule has 0 saturated carbocycles. The topological polar surface area (TPSA) is 114 Å². The second-order valence-corrected chi connectivity index (χ2v) is 12.3. The number of fused-ring (bicyclic) bond motifs is 1. The zero-order valence-electron chi connectivity index (χ0n) is 20.6. The number of hydrogen-bond acceptors (Lipinski definition) is 6. The van der Waals surface area contributed by atoms with E-state index in [1.807, 2.05) is 0 Å². The Balaban J connectivity index is 1.96. The smallest absolute Gasteiger partial charge is 0.282 e. The first-order valence-corrected chi connectivity index (χ1v) is 14.9. The molecule has 0 unspecified atom stereocenters. The lowest BCUT2D eigenvalue weighted by Crippen LogP contribution is -2.14. The van der Waals surface area contributed by atoms with E-state index in [2.05, 4.69) is 9.97 Å². The summed E-state index contributed by atoms with van der Waals surface area (Å²) < 4.78 is 102. The van der Waals surface area contributed by atoms with Crippen LogP contribution in [-0.2, 0) is 26.1 Å². The van der Waals surface area contributed by atoms with Crippen LogP contribution < -0.4 is 0 Å². The van der Waals surface area contributed by atoms with Gasteiger partial charge in [0, 0.05) is 28.3 Å². The molecule has 0 fully saturated rings. The highest BCUT2D eigenvalue weighted by Crippen LogP contribution is 2.43. The summed E-state index contributed by atoms with van der Waals surface area (Å²) in [5.74, 6) is -1.54. The fourth-order valence-corrected chi connectivity index (χ4v) is 5.97. The molecule has 4 aromatic carbocycles. The summed E-state index contributed by atoms with van der Waals surface area (Å²) in [5.41, 5.74) is -0.299. The number of halogens is 3. The van der Waals surface area contributed by atoms with E-state index < -0.39 is 36.9 Å². The largest absolute Gasteiger partial charge is 0.451 e. The predicted molar refractivity (Wildman–Crippen MR) is 144 cm³/mol. The van der Waals surface area contributed by atoms with Crippen LogP contribution in [0.2, 0.25) is 0 Å². The van der Waals surface area contributed by atoms with Gasteiger partial charge in [-0.1, -0.05) is 78.9 Å². The van der Waals surface area contributed by atoms with Crippen LogP contribution in [0.4, 0.5) is 13.2 Å². The minimum Gasteiger partial charge on any atom is -0.282 e. The molecule has 5 rings (SSSR count). The zero-order valence-corrected chi connectivity index (χ0v) is 22.2. The average molecular weight is 585 g/mol. The number of aromatic nitrogens is 2. The number of benzene rings is 4. The molecule has 0 aliphatic heterocycles. The number of rotatable bonds is 5. The maximum atomic E-state index is 14.1. The minimum atomic E-state index is -5.03. The van der Waals surface area contributed by atoms with E-state index in [0.29, 0.717) is 10.9 Å². The van der Waals surface area contributed by atoms with Gasteiger partial charge in [0.2, 0.25) is 5.82 Å². The molecule has 0 amide bonds. The van der Waals surface area contributed by atoms with Gasteiger partial charge in [-0.05, 0) is 23.1 Å². The second kappa shape index (κ2) is 9.81. The van der Waals surface area contributed by atoms with E-state index >= 15 is 0 Å². The van der Waals surface area contributed by atoms with Crippen molar-refractivity contribution in [3.05, 3.63) is 96.8 Å². The fourth-order valence-electron chi connectivity index (χ4n) is 4.44. The SMILES string of the molecule is CS(=O)(=O)c1ccc(-c2nc(C(F)(F)F)nc(-c3ccc4ccccc4c3S(=O)(=O)O)c2-c2ccccc2)cc1. The van der Waals surface area contributed by atoms with Crippen LogP contribution in [-0.4, -0.2) is 37.6 Å². The molecule has 0 aliphatic carbocycles. The average Bonchev–Trinajstić information content (AvgIpc) is 2.90. The van der Waals surface area contributed by atoms with Gasteiger partial charge in [-0.15, -0.1) is 0 Å². The molecule has 12 heteroatoms. The van der Waals surface area contributed by atoms with Crippen molar-refractivity contribution >= 4 is 30.7 Å². The summed E-state index contributed by atoms with van der Waals surface area (Å²) in [6, 6.07) is 22.3. The summed E-state index contributed by atoms with van der Waals surface area (Å²) in [7, 11) is -8.56. The molecule has 0 radical (unpaired) electrons. The predicted octanol–water partition coefficient (Wildman–Crippen LogP) is 6.30. The van der Waals surface area contributed by atoms with Crippen LogP contribution in [0.15, 0.2) is 101 Å². The van der Waals surface area contributed by atoms with E-state index in [9.17, 15) is 34.6 Å². The van der Waals surface area contributed by atoms with Crippen molar-refractivity contribution in [1.82, 2.24) is 9.97 Å². The van der Waals surface area contributed by atoms with Gasteiger partial charge in [0.05, 0.1) is 16.3 Å². The fraction of sp³-hybridized carbons (Fsp3) is 0.0714. The Bertz CT molecular complexity index is 1980. The van der Waals surface area contributed by atoms with Crippen LogP contribution in [0.1, 0.15) is 5.82 Å². The molecule has 0 saturated heterocycles. The maximum absolute atomic E-state index is 14.1. The van der Waals surface area contributed by atoms with Crippen LogP contribution in [0.3, 0.4) is 0 Å². The minimum absolute atomic E-state index is 0.0500. The molecule has 0 bridgehead atoms. The highest BCUT2D eigenvalue weighted by Gasteiger charge is 2.37. The summed E-state index contributed by atoms with van der Waals surface area (Å²) >= 11 is 0. The van der Waals surface area contributed by atoms with Crippen molar-refractivity contribution in [3.63, 3.8) is 0 Å². The quantitative estimate of drug-likeness (QED) is 0.241. The Morgan fingerprint density at radius 1 is 0.700 bits per heavy atom. The Morgan fingerprint density at radius 2 is 1.30 bits per heavy atom. The monoisotopic (exact) mass is 584 g/mol. The lowest BCUT2D eigenvalue weighted by molar-refractivity contribution is -0.144. The van der Waals surface area contributed by atoms with E-state index in [-0.39, 0.29) is 38.4 Å². The molecule has 0 aliphatic rings. The standard InChI is InChI=1S/C28H19F3N2O5S2/c1-39(34,35)20-14-11-19(12-15-20)24-23(18-8-3-2-4-9-18)25(33-27(32-24)28(29,30)31)22-16-13-17-7-5-6-10-21(17)26(22)40(36,37)38/h2-16H,1H3,(H,36,37,38). The van der Waals surface area contributed by atoms with Gasteiger partial charge in [0.1, 0.15) is 4.90 Å². The summed E-state index contributed by atoms with van der Waals surface area (Å²) in [6.45, 7) is 0. The summed E-state index contributed by atoms with van der Waals surface area (Å²) in [4.78, 5) is 6.98. The van der Waals surface area contributed by atoms with Crippen LogP contribution in [0, 0.1) is 0 Å². The van der Waals surface area contributed by atoms with Crippen LogP contribution in [0.25, 0.3) is 44.4 Å². The van der Waals surface area contributed by atoms with Crippen molar-refractivity contribution in [2.45, 2.75) is 16.0 Å². The number of sulfone groups is 1. The molecule has 1 heterocycles. The number of hydrogen-bond donors (Lipinski definition) is 1. The van der Waals surface area contributed by atoms with Crippen molar-refractivity contribution in [1.29, 1.82) is 0 Å². The van der Waals surface area contributed by atoms with E-state index in [0.717, 1.165) is 6.26 Å². The van der Waals surface area contributed by atoms with Crippen molar-refractivity contribution in [3.8, 4) is 33.6 Å². The van der Waals surface area contributed by atoms with Gasteiger partial charge in [-0.3, -0.25) is 4.55 Å². The third kappa shape index (κ3) is 5.20. The van der Waals surface area contributed by atoms with Gasteiger partial charge < -0.3 is 0 Å². The third-order valence-corrected chi connectivity index (χ3v) is 8.26. The Hall–Kier alpha value is -4.13. The highest BCUT2D eigenvalue weighted by molar-refractivity contribution is 7.90. The van der Waals surface area contributed by atoms with Gasteiger partial charge >= 0.3 is 6.18 Å². The molecule has 7 nitrogen and oxygen atoms in total. The third-order valence-electron chi connectivity index (χ3n) is 6.17. The molecule has 204 valence electrons.